The number of allylic oxidation sites excluding steroid dienone is 1. The highest BCUT2D eigenvalue weighted by Crippen LogP contribution is 2.26. The summed E-state index contributed by atoms with van der Waals surface area (Å²) < 4.78 is 0. The molecule has 0 aliphatic heterocycles. The molecular weight excluding hydrogens is 156 g/mol. The van der Waals surface area contributed by atoms with Gasteiger partial charge in [-0.25, -0.2) is 4.98 Å². The van der Waals surface area contributed by atoms with Crippen LogP contribution in [-0.4, -0.2) is 11.0 Å². The van der Waals surface area contributed by atoms with Gasteiger partial charge in [-0.05, 0) is 18.4 Å². The van der Waals surface area contributed by atoms with Crippen LogP contribution in [0.15, 0.2) is 17.0 Å². The molecule has 1 aliphatic carbocycles. The fraction of sp³-hybridized carbons (Fsp3) is 0.375. The molecule has 0 amide bonds. The van der Waals surface area contributed by atoms with Crippen molar-refractivity contribution in [2.45, 2.75) is 18.9 Å². The van der Waals surface area contributed by atoms with E-state index in [1.54, 1.807) is 11.3 Å². The van der Waals surface area contributed by atoms with Gasteiger partial charge in [-0.3, -0.25) is 0 Å². The maximum absolute atomic E-state index is 5.73. The second-order valence-corrected chi connectivity index (χ2v) is 3.49. The number of aromatic nitrogens is 1. The number of rotatable bonds is 1. The number of thiazole rings is 1. The Labute approximate surface area is 69.8 Å². The summed E-state index contributed by atoms with van der Waals surface area (Å²) in [5.74, 6) is 0. The Hall–Kier alpha value is -0.670. The third-order valence-corrected chi connectivity index (χ3v) is 2.51. The minimum atomic E-state index is 0.256. The molecule has 0 saturated carbocycles. The molecule has 1 aliphatic rings. The smallest absolute Gasteiger partial charge is 0.0798 e. The number of nitrogens with zero attached hydrogens (tertiary/aromatic N) is 1. The summed E-state index contributed by atoms with van der Waals surface area (Å²) in [6.07, 6.45) is 4.28. The van der Waals surface area contributed by atoms with Gasteiger partial charge in [0, 0.05) is 11.4 Å². The second kappa shape index (κ2) is 2.75. The lowest BCUT2D eigenvalue weighted by Gasteiger charge is -1.91. The van der Waals surface area contributed by atoms with Crippen molar-refractivity contribution in [2.24, 2.45) is 5.73 Å². The van der Waals surface area contributed by atoms with E-state index >= 15 is 0 Å². The van der Waals surface area contributed by atoms with Crippen LogP contribution in [0.2, 0.25) is 0 Å². The molecule has 0 fully saturated rings. The molecule has 1 unspecified atom stereocenters. The highest BCUT2D eigenvalue weighted by Gasteiger charge is 2.13. The van der Waals surface area contributed by atoms with Crippen LogP contribution in [0.4, 0.5) is 0 Å². The third kappa shape index (κ3) is 1.34. The van der Waals surface area contributed by atoms with Crippen molar-refractivity contribution in [3.63, 3.8) is 0 Å². The van der Waals surface area contributed by atoms with Gasteiger partial charge in [0.15, 0.2) is 0 Å². The molecule has 0 saturated heterocycles. The Morgan fingerprint density at radius 3 is 3.09 bits per heavy atom. The molecule has 2 nitrogen and oxygen atoms in total. The summed E-state index contributed by atoms with van der Waals surface area (Å²) >= 11 is 1.63. The van der Waals surface area contributed by atoms with Crippen LogP contribution in [-0.2, 0) is 0 Å². The van der Waals surface area contributed by atoms with Crippen LogP contribution >= 0.6 is 11.3 Å². The quantitative estimate of drug-likeness (QED) is 0.689. The minimum absolute atomic E-state index is 0.256. The largest absolute Gasteiger partial charge is 0.324 e. The van der Waals surface area contributed by atoms with Gasteiger partial charge in [0.05, 0.1) is 11.2 Å². The standard InChI is InChI=1S/C8H10N2S/c9-7-2-1-6(3-7)8-4-11-5-10-8/h3-5,7H,1-2,9H2. The van der Waals surface area contributed by atoms with Crippen molar-refractivity contribution < 1.29 is 0 Å². The fourth-order valence-corrected chi connectivity index (χ4v) is 1.91. The highest BCUT2D eigenvalue weighted by atomic mass is 32.1. The molecule has 1 atom stereocenters. The van der Waals surface area contributed by atoms with Gasteiger partial charge in [0.1, 0.15) is 0 Å². The Morgan fingerprint density at radius 2 is 2.55 bits per heavy atom. The normalized spacial score (nSPS) is 23.7. The molecule has 0 radical (unpaired) electrons. The monoisotopic (exact) mass is 166 g/mol. The Morgan fingerprint density at radius 1 is 1.64 bits per heavy atom. The molecule has 2 N–H and O–H groups in total. The van der Waals surface area contributed by atoms with E-state index < -0.39 is 0 Å². The maximum atomic E-state index is 5.73. The highest BCUT2D eigenvalue weighted by molar-refractivity contribution is 7.07. The van der Waals surface area contributed by atoms with Crippen molar-refractivity contribution in [1.29, 1.82) is 0 Å². The van der Waals surface area contributed by atoms with Crippen molar-refractivity contribution >= 4 is 16.9 Å². The third-order valence-electron chi connectivity index (χ3n) is 1.92. The first-order valence-corrected chi connectivity index (χ1v) is 4.65. The molecule has 1 heterocycles. The molecular formula is C8H10N2S. The van der Waals surface area contributed by atoms with Gasteiger partial charge in [-0.15, -0.1) is 11.3 Å². The predicted octanol–water partition coefficient (Wildman–Crippen LogP) is 1.65. The van der Waals surface area contributed by atoms with E-state index in [-0.39, 0.29) is 6.04 Å². The summed E-state index contributed by atoms with van der Waals surface area (Å²) in [6, 6.07) is 0.256. The Balaban J connectivity index is 2.25. The molecule has 0 aromatic carbocycles. The predicted molar refractivity (Wildman–Crippen MR) is 47.3 cm³/mol. The lowest BCUT2D eigenvalue weighted by atomic mass is 10.2. The summed E-state index contributed by atoms with van der Waals surface area (Å²) in [5, 5.41) is 2.07. The van der Waals surface area contributed by atoms with Crippen molar-refractivity contribution in [1.82, 2.24) is 4.98 Å². The summed E-state index contributed by atoms with van der Waals surface area (Å²) in [4.78, 5) is 4.23. The lowest BCUT2D eigenvalue weighted by molar-refractivity contribution is 0.782. The minimum Gasteiger partial charge on any atom is -0.324 e. The van der Waals surface area contributed by atoms with E-state index in [2.05, 4.69) is 16.4 Å². The molecule has 11 heavy (non-hydrogen) atoms. The van der Waals surface area contributed by atoms with Gasteiger partial charge in [0.2, 0.25) is 0 Å². The fourth-order valence-electron chi connectivity index (χ4n) is 1.33. The maximum Gasteiger partial charge on any atom is 0.0798 e. The lowest BCUT2D eigenvalue weighted by Crippen LogP contribution is -2.11. The van der Waals surface area contributed by atoms with Crippen LogP contribution in [0.5, 0.6) is 0 Å². The van der Waals surface area contributed by atoms with Gasteiger partial charge in [0.25, 0.3) is 0 Å². The molecule has 0 bridgehead atoms. The number of nitrogens with two attached hydrogens (primary N) is 1. The zero-order chi connectivity index (χ0) is 7.68. The number of hydrogen-bond donors (Lipinski definition) is 1. The van der Waals surface area contributed by atoms with E-state index in [9.17, 15) is 0 Å². The second-order valence-electron chi connectivity index (χ2n) is 2.77. The number of hydrogen-bond acceptors (Lipinski definition) is 3. The first kappa shape index (κ1) is 7.00. The van der Waals surface area contributed by atoms with Gasteiger partial charge >= 0.3 is 0 Å². The van der Waals surface area contributed by atoms with Gasteiger partial charge in [-0.2, -0.15) is 0 Å². The van der Waals surface area contributed by atoms with E-state index in [0.717, 1.165) is 18.5 Å². The van der Waals surface area contributed by atoms with E-state index in [1.807, 2.05) is 5.51 Å². The zero-order valence-corrected chi connectivity index (χ0v) is 6.97. The van der Waals surface area contributed by atoms with Crippen LogP contribution in [0.25, 0.3) is 5.57 Å². The summed E-state index contributed by atoms with van der Waals surface area (Å²) in [7, 11) is 0. The van der Waals surface area contributed by atoms with Crippen LogP contribution in [0.3, 0.4) is 0 Å². The van der Waals surface area contributed by atoms with E-state index in [4.69, 9.17) is 5.73 Å². The van der Waals surface area contributed by atoms with Crippen molar-refractivity contribution in [3.8, 4) is 0 Å². The van der Waals surface area contributed by atoms with Crippen molar-refractivity contribution in [3.05, 3.63) is 22.7 Å². The average Bonchev–Trinajstić information content (AvgIpc) is 2.55. The van der Waals surface area contributed by atoms with E-state index in [0.29, 0.717) is 0 Å². The van der Waals surface area contributed by atoms with Gasteiger partial charge < -0.3 is 5.73 Å². The molecule has 1 aromatic rings. The van der Waals surface area contributed by atoms with Crippen LogP contribution in [0, 0.1) is 0 Å². The molecule has 58 valence electrons. The topological polar surface area (TPSA) is 38.9 Å². The first-order valence-electron chi connectivity index (χ1n) is 3.71. The summed E-state index contributed by atoms with van der Waals surface area (Å²) in [5.41, 5.74) is 10.0. The Kier molecular flexibility index (Phi) is 1.75. The molecule has 1 aromatic heterocycles. The van der Waals surface area contributed by atoms with Gasteiger partial charge in [-0.1, -0.05) is 6.08 Å². The van der Waals surface area contributed by atoms with Crippen molar-refractivity contribution in [2.75, 3.05) is 0 Å². The first-order chi connectivity index (χ1) is 5.36. The van der Waals surface area contributed by atoms with E-state index in [1.165, 1.54) is 5.57 Å². The molecule has 0 spiro atoms. The summed E-state index contributed by atoms with van der Waals surface area (Å²) in [6.45, 7) is 0. The SMILES string of the molecule is NC1C=C(c2cscn2)CC1. The average molecular weight is 166 g/mol. The molecule has 2 rings (SSSR count). The Bertz CT molecular complexity index is 264. The molecule has 3 heteroatoms. The zero-order valence-electron chi connectivity index (χ0n) is 6.16. The van der Waals surface area contributed by atoms with Crippen LogP contribution in [0.1, 0.15) is 18.5 Å². The van der Waals surface area contributed by atoms with Crippen LogP contribution < -0.4 is 5.73 Å².